The quantitative estimate of drug-likeness (QED) is 0.172. The van der Waals surface area contributed by atoms with E-state index in [1.165, 1.54) is 0 Å². The summed E-state index contributed by atoms with van der Waals surface area (Å²) in [5.41, 5.74) is 11.4. The Morgan fingerprint density at radius 2 is 0.778 bits per heavy atom. The molecule has 0 fully saturated rings. The van der Waals surface area contributed by atoms with Gasteiger partial charge in [0.2, 0.25) is 0 Å². The van der Waals surface area contributed by atoms with Gasteiger partial charge in [0, 0.05) is 16.7 Å². The molecule has 252 valence electrons. The number of ether oxygens (including phenoxy) is 2. The zero-order valence-corrected chi connectivity index (χ0v) is 28.8. The Kier molecular flexibility index (Phi) is 8.17. The molecule has 0 spiro atoms. The van der Waals surface area contributed by atoms with Gasteiger partial charge in [0.15, 0.2) is 28.8 Å². The molecule has 0 unspecified atom stereocenters. The summed E-state index contributed by atoms with van der Waals surface area (Å²) < 4.78 is 13.1. The highest BCUT2D eigenvalue weighted by Crippen LogP contribution is 2.50. The van der Waals surface area contributed by atoms with Gasteiger partial charge in [-0.25, -0.2) is 9.97 Å². The lowest BCUT2D eigenvalue weighted by atomic mass is 9.93. The van der Waals surface area contributed by atoms with Gasteiger partial charge < -0.3 is 9.47 Å². The summed E-state index contributed by atoms with van der Waals surface area (Å²) >= 11 is 0. The molecule has 6 nitrogen and oxygen atoms in total. The van der Waals surface area contributed by atoms with Gasteiger partial charge in [0.05, 0.1) is 34.7 Å². The summed E-state index contributed by atoms with van der Waals surface area (Å²) in [6.07, 6.45) is 0. The maximum absolute atomic E-state index is 9.41. The van der Waals surface area contributed by atoms with Crippen LogP contribution in [0.4, 0.5) is 0 Å². The smallest absolute Gasteiger partial charge is 0.170 e. The van der Waals surface area contributed by atoms with Crippen LogP contribution in [0, 0.1) is 22.7 Å². The predicted octanol–water partition coefficient (Wildman–Crippen LogP) is 12.1. The number of hydrogen-bond acceptors (Lipinski definition) is 6. The fourth-order valence-corrected chi connectivity index (χ4v) is 6.64. The fraction of sp³-hybridized carbons (Fsp3) is 0. The van der Waals surface area contributed by atoms with Crippen LogP contribution in [0.25, 0.3) is 67.3 Å². The van der Waals surface area contributed by atoms with E-state index in [4.69, 9.17) is 19.4 Å². The standard InChI is InChI=1S/C48H28N4O2/c49-29-31-11-15-35(16-12-31)40-26-46-47(27-41(40)36-17-13-32(30-50)14-18-36)54-45-25-39(23-24-44(45)53-46)43-28-42(51-48(52-43)38-9-5-2-6-10-38)37-21-19-34(20-22-37)33-7-3-1-4-8-33/h1-28H. The molecule has 2 heterocycles. The Bertz CT molecular complexity index is 2750. The molecule has 9 rings (SSSR count). The highest BCUT2D eigenvalue weighted by atomic mass is 16.6. The van der Waals surface area contributed by atoms with Gasteiger partial charge in [-0.15, -0.1) is 0 Å². The van der Waals surface area contributed by atoms with E-state index in [1.54, 1.807) is 24.3 Å². The van der Waals surface area contributed by atoms with E-state index < -0.39 is 0 Å². The van der Waals surface area contributed by atoms with Crippen molar-refractivity contribution in [1.82, 2.24) is 9.97 Å². The molecule has 6 heteroatoms. The van der Waals surface area contributed by atoms with Gasteiger partial charge >= 0.3 is 0 Å². The zero-order chi connectivity index (χ0) is 36.4. The van der Waals surface area contributed by atoms with Crippen molar-refractivity contribution < 1.29 is 9.47 Å². The van der Waals surface area contributed by atoms with Crippen LogP contribution in [-0.2, 0) is 0 Å². The lowest BCUT2D eigenvalue weighted by Gasteiger charge is -2.24. The van der Waals surface area contributed by atoms with Crippen molar-refractivity contribution in [2.24, 2.45) is 0 Å². The Balaban J connectivity index is 1.10. The van der Waals surface area contributed by atoms with Crippen molar-refractivity contribution >= 4 is 0 Å². The largest absolute Gasteiger partial charge is 0.449 e. The minimum absolute atomic E-state index is 0.559. The van der Waals surface area contributed by atoms with E-state index in [1.807, 2.05) is 109 Å². The first-order valence-corrected chi connectivity index (χ1v) is 17.4. The normalized spacial score (nSPS) is 11.2. The summed E-state index contributed by atoms with van der Waals surface area (Å²) in [5.74, 6) is 2.89. The molecule has 0 N–H and O–H groups in total. The first-order valence-electron chi connectivity index (χ1n) is 17.4. The van der Waals surface area contributed by atoms with E-state index in [2.05, 4.69) is 48.5 Å². The van der Waals surface area contributed by atoms with Crippen molar-refractivity contribution in [3.05, 3.63) is 181 Å². The summed E-state index contributed by atoms with van der Waals surface area (Å²) in [6.45, 7) is 0. The SMILES string of the molecule is N#Cc1ccc(-c2cc3c(cc2-c2ccc(C#N)cc2)Oc2cc(-c4cc(-c5ccc(-c6ccccc6)cc5)nc(-c5ccccc5)n4)ccc2O3)cc1. The third-order valence-electron chi connectivity index (χ3n) is 9.46. The van der Waals surface area contributed by atoms with Gasteiger partial charge in [-0.3, -0.25) is 0 Å². The van der Waals surface area contributed by atoms with Crippen LogP contribution < -0.4 is 9.47 Å². The molecule has 8 aromatic rings. The van der Waals surface area contributed by atoms with E-state index in [0.717, 1.165) is 61.5 Å². The summed E-state index contributed by atoms with van der Waals surface area (Å²) in [4.78, 5) is 10.0. The van der Waals surface area contributed by atoms with Gasteiger partial charge in [-0.05, 0) is 94.0 Å². The average Bonchev–Trinajstić information content (AvgIpc) is 3.25. The summed E-state index contributed by atoms with van der Waals surface area (Å²) in [6, 6.07) is 59.8. The number of fused-ring (bicyclic) bond motifs is 2. The van der Waals surface area contributed by atoms with Crippen molar-refractivity contribution in [2.45, 2.75) is 0 Å². The fourth-order valence-electron chi connectivity index (χ4n) is 6.64. The van der Waals surface area contributed by atoms with E-state index >= 15 is 0 Å². The third-order valence-corrected chi connectivity index (χ3v) is 9.46. The molecule has 7 aromatic carbocycles. The van der Waals surface area contributed by atoms with Crippen LogP contribution in [0.2, 0.25) is 0 Å². The Morgan fingerprint density at radius 3 is 1.33 bits per heavy atom. The van der Waals surface area contributed by atoms with Gasteiger partial charge in [-0.2, -0.15) is 10.5 Å². The maximum Gasteiger partial charge on any atom is 0.170 e. The first kappa shape index (κ1) is 32.1. The topological polar surface area (TPSA) is 91.8 Å². The van der Waals surface area contributed by atoms with Gasteiger partial charge in [0.1, 0.15) is 0 Å². The molecule has 1 aromatic heterocycles. The number of nitrogens with zero attached hydrogens (tertiary/aromatic N) is 4. The molecular weight excluding hydrogens is 665 g/mol. The Hall–Kier alpha value is -7.80. The van der Waals surface area contributed by atoms with E-state index in [9.17, 15) is 10.5 Å². The highest BCUT2D eigenvalue weighted by molar-refractivity contribution is 5.87. The minimum atomic E-state index is 0.559. The minimum Gasteiger partial charge on any atom is -0.449 e. The monoisotopic (exact) mass is 692 g/mol. The van der Waals surface area contributed by atoms with Crippen molar-refractivity contribution in [1.29, 1.82) is 10.5 Å². The number of rotatable bonds is 6. The molecule has 0 bridgehead atoms. The summed E-state index contributed by atoms with van der Waals surface area (Å²) in [5, 5.41) is 18.8. The number of hydrogen-bond donors (Lipinski definition) is 0. The molecule has 0 amide bonds. The molecule has 1 aliphatic heterocycles. The van der Waals surface area contributed by atoms with Crippen molar-refractivity contribution in [3.63, 3.8) is 0 Å². The van der Waals surface area contributed by atoms with Gasteiger partial charge in [-0.1, -0.05) is 109 Å². The van der Waals surface area contributed by atoms with Crippen LogP contribution in [0.1, 0.15) is 11.1 Å². The van der Waals surface area contributed by atoms with E-state index in [0.29, 0.717) is 39.9 Å². The van der Waals surface area contributed by atoms with Gasteiger partial charge in [0.25, 0.3) is 0 Å². The van der Waals surface area contributed by atoms with E-state index in [-0.39, 0.29) is 0 Å². The first-order chi connectivity index (χ1) is 26.6. The zero-order valence-electron chi connectivity index (χ0n) is 28.8. The lowest BCUT2D eigenvalue weighted by Crippen LogP contribution is -2.01. The summed E-state index contributed by atoms with van der Waals surface area (Å²) in [7, 11) is 0. The Morgan fingerprint density at radius 1 is 0.352 bits per heavy atom. The molecular formula is C48H28N4O2. The van der Waals surface area contributed by atoms with Crippen LogP contribution in [0.15, 0.2) is 170 Å². The predicted molar refractivity (Wildman–Crippen MR) is 211 cm³/mol. The maximum atomic E-state index is 9.41. The molecule has 1 aliphatic rings. The third kappa shape index (κ3) is 6.22. The van der Waals surface area contributed by atoms with Crippen molar-refractivity contribution in [3.8, 4) is 102 Å². The lowest BCUT2D eigenvalue weighted by molar-refractivity contribution is 0.360. The second-order valence-electron chi connectivity index (χ2n) is 12.9. The average molecular weight is 693 g/mol. The van der Waals surface area contributed by atoms with Crippen LogP contribution in [0.3, 0.4) is 0 Å². The molecule has 0 aliphatic carbocycles. The van der Waals surface area contributed by atoms with Crippen LogP contribution in [-0.4, -0.2) is 9.97 Å². The molecule has 0 radical (unpaired) electrons. The second-order valence-corrected chi connectivity index (χ2v) is 12.9. The second kappa shape index (κ2) is 13.7. The van der Waals surface area contributed by atoms with Crippen LogP contribution >= 0.6 is 0 Å². The Labute approximate surface area is 312 Å². The molecule has 0 saturated carbocycles. The number of nitriles is 2. The van der Waals surface area contributed by atoms with Crippen molar-refractivity contribution in [2.75, 3.05) is 0 Å². The molecule has 0 saturated heterocycles. The number of aromatic nitrogens is 2. The highest BCUT2D eigenvalue weighted by Gasteiger charge is 2.24. The van der Waals surface area contributed by atoms with Crippen LogP contribution in [0.5, 0.6) is 23.0 Å². The molecule has 54 heavy (non-hydrogen) atoms. The number of benzene rings is 7. The molecule has 0 atom stereocenters.